The molecule has 0 saturated carbocycles. The second-order valence-electron chi connectivity index (χ2n) is 2.57. The number of nitrogens with zero attached hydrogens (tertiary/aromatic N) is 1. The first-order valence-corrected chi connectivity index (χ1v) is 4.08. The fraction of sp³-hybridized carbons (Fsp3) is 0.556. The van der Waals surface area contributed by atoms with Crippen molar-refractivity contribution in [3.8, 4) is 0 Å². The molecule has 0 bridgehead atoms. The van der Waals surface area contributed by atoms with Crippen LogP contribution < -0.4 is 0 Å². The highest BCUT2D eigenvalue weighted by Crippen LogP contribution is 1.97. The smallest absolute Gasteiger partial charge is 0.252 e. The van der Waals surface area contributed by atoms with Crippen molar-refractivity contribution in [2.75, 3.05) is 6.54 Å². The van der Waals surface area contributed by atoms with Gasteiger partial charge in [0.15, 0.2) is 0 Å². The standard InChI is InChI=1S/C9H15NO2/c1-4-6-7-10(8(3)11)9(12)5-2/h5H,2,4,6-7H2,1,3H3. The summed E-state index contributed by atoms with van der Waals surface area (Å²) in [5, 5.41) is 0. The van der Waals surface area contributed by atoms with Gasteiger partial charge in [0.05, 0.1) is 0 Å². The minimum Gasteiger partial charge on any atom is -0.279 e. The van der Waals surface area contributed by atoms with Crippen LogP contribution in [0.2, 0.25) is 0 Å². The molecular formula is C9H15NO2. The van der Waals surface area contributed by atoms with Crippen LogP contribution >= 0.6 is 0 Å². The van der Waals surface area contributed by atoms with E-state index in [9.17, 15) is 9.59 Å². The van der Waals surface area contributed by atoms with Crippen molar-refractivity contribution >= 4 is 11.8 Å². The van der Waals surface area contributed by atoms with E-state index in [4.69, 9.17) is 0 Å². The molecule has 0 N–H and O–H groups in total. The molecule has 0 aliphatic rings. The summed E-state index contributed by atoms with van der Waals surface area (Å²) in [6.45, 7) is 7.22. The van der Waals surface area contributed by atoms with Crippen molar-refractivity contribution in [1.29, 1.82) is 0 Å². The molecule has 0 saturated heterocycles. The molecule has 0 aliphatic heterocycles. The second kappa shape index (κ2) is 5.52. The Labute approximate surface area is 73.1 Å². The van der Waals surface area contributed by atoms with Gasteiger partial charge in [-0.05, 0) is 12.5 Å². The molecule has 0 aliphatic carbocycles. The Morgan fingerprint density at radius 1 is 1.50 bits per heavy atom. The molecule has 3 nitrogen and oxygen atoms in total. The monoisotopic (exact) mass is 169 g/mol. The molecule has 3 heteroatoms. The van der Waals surface area contributed by atoms with Gasteiger partial charge in [-0.25, -0.2) is 0 Å². The topological polar surface area (TPSA) is 37.4 Å². The van der Waals surface area contributed by atoms with E-state index in [1.165, 1.54) is 11.8 Å². The molecule has 0 spiro atoms. The van der Waals surface area contributed by atoms with Gasteiger partial charge in [0.1, 0.15) is 0 Å². The Morgan fingerprint density at radius 3 is 2.42 bits per heavy atom. The molecule has 0 heterocycles. The quantitative estimate of drug-likeness (QED) is 0.596. The predicted octanol–water partition coefficient (Wildman–Crippen LogP) is 1.35. The zero-order valence-electron chi connectivity index (χ0n) is 7.67. The van der Waals surface area contributed by atoms with Crippen LogP contribution in [0, 0.1) is 0 Å². The van der Waals surface area contributed by atoms with Crippen LogP contribution in [-0.2, 0) is 9.59 Å². The fourth-order valence-corrected chi connectivity index (χ4v) is 0.849. The second-order valence-corrected chi connectivity index (χ2v) is 2.57. The van der Waals surface area contributed by atoms with Gasteiger partial charge in [-0.1, -0.05) is 19.9 Å². The van der Waals surface area contributed by atoms with E-state index in [1.807, 2.05) is 6.92 Å². The normalized spacial score (nSPS) is 9.17. The lowest BCUT2D eigenvalue weighted by Crippen LogP contribution is -2.34. The molecule has 68 valence electrons. The minimum atomic E-state index is -0.309. The zero-order chi connectivity index (χ0) is 9.56. The van der Waals surface area contributed by atoms with Crippen molar-refractivity contribution in [2.45, 2.75) is 26.7 Å². The van der Waals surface area contributed by atoms with Gasteiger partial charge in [0.2, 0.25) is 5.91 Å². The summed E-state index contributed by atoms with van der Waals surface area (Å²) < 4.78 is 0. The maximum Gasteiger partial charge on any atom is 0.252 e. The first kappa shape index (κ1) is 10.9. The van der Waals surface area contributed by atoms with Gasteiger partial charge in [-0.15, -0.1) is 0 Å². The predicted molar refractivity (Wildman–Crippen MR) is 47.5 cm³/mol. The molecule has 0 fully saturated rings. The molecule has 2 amide bonds. The lowest BCUT2D eigenvalue weighted by atomic mass is 10.3. The average molecular weight is 169 g/mol. The molecule has 0 aromatic heterocycles. The first-order valence-electron chi connectivity index (χ1n) is 4.08. The van der Waals surface area contributed by atoms with Gasteiger partial charge in [-0.3, -0.25) is 14.5 Å². The van der Waals surface area contributed by atoms with Crippen molar-refractivity contribution in [3.05, 3.63) is 12.7 Å². The van der Waals surface area contributed by atoms with E-state index in [-0.39, 0.29) is 11.8 Å². The number of unbranched alkanes of at least 4 members (excludes halogenated alkanes) is 1. The molecular weight excluding hydrogens is 154 g/mol. The molecule has 0 atom stereocenters. The Morgan fingerprint density at radius 2 is 2.08 bits per heavy atom. The van der Waals surface area contributed by atoms with Crippen LogP contribution in [0.15, 0.2) is 12.7 Å². The average Bonchev–Trinajstić information content (AvgIpc) is 2.04. The summed E-state index contributed by atoms with van der Waals surface area (Å²) in [5.41, 5.74) is 0. The number of amides is 2. The van der Waals surface area contributed by atoms with Crippen LogP contribution in [0.3, 0.4) is 0 Å². The van der Waals surface area contributed by atoms with Crippen LogP contribution in [-0.4, -0.2) is 23.3 Å². The molecule has 0 unspecified atom stereocenters. The number of hydrogen-bond acceptors (Lipinski definition) is 2. The van der Waals surface area contributed by atoms with Crippen LogP contribution in [0.4, 0.5) is 0 Å². The Kier molecular flexibility index (Phi) is 5.00. The van der Waals surface area contributed by atoms with Gasteiger partial charge < -0.3 is 0 Å². The number of carbonyl (C=O) groups excluding carboxylic acids is 2. The maximum atomic E-state index is 11.0. The third kappa shape index (κ3) is 3.32. The van der Waals surface area contributed by atoms with Crippen LogP contribution in [0.25, 0.3) is 0 Å². The van der Waals surface area contributed by atoms with Crippen molar-refractivity contribution in [2.24, 2.45) is 0 Å². The fourth-order valence-electron chi connectivity index (χ4n) is 0.849. The summed E-state index contributed by atoms with van der Waals surface area (Å²) in [4.78, 5) is 23.2. The Balaban J connectivity index is 4.13. The van der Waals surface area contributed by atoms with Crippen molar-refractivity contribution < 1.29 is 9.59 Å². The number of hydrogen-bond donors (Lipinski definition) is 0. The lowest BCUT2D eigenvalue weighted by molar-refractivity contribution is -0.140. The van der Waals surface area contributed by atoms with Gasteiger partial charge in [-0.2, -0.15) is 0 Å². The van der Waals surface area contributed by atoms with Gasteiger partial charge >= 0.3 is 0 Å². The summed E-state index contributed by atoms with van der Waals surface area (Å²) in [5.74, 6) is -0.524. The minimum absolute atomic E-state index is 0.214. The largest absolute Gasteiger partial charge is 0.279 e. The van der Waals surface area contributed by atoms with E-state index in [2.05, 4.69) is 6.58 Å². The van der Waals surface area contributed by atoms with Crippen molar-refractivity contribution in [1.82, 2.24) is 4.90 Å². The number of imide groups is 1. The Bertz CT molecular complexity index is 187. The van der Waals surface area contributed by atoms with E-state index >= 15 is 0 Å². The number of rotatable bonds is 4. The summed E-state index contributed by atoms with van der Waals surface area (Å²) >= 11 is 0. The lowest BCUT2D eigenvalue weighted by Gasteiger charge is -2.16. The maximum absolute atomic E-state index is 11.0. The molecule has 0 aromatic rings. The summed E-state index contributed by atoms with van der Waals surface area (Å²) in [6.07, 6.45) is 2.98. The third-order valence-corrected chi connectivity index (χ3v) is 1.56. The summed E-state index contributed by atoms with van der Waals surface area (Å²) in [6, 6.07) is 0. The van der Waals surface area contributed by atoms with Crippen LogP contribution in [0.5, 0.6) is 0 Å². The zero-order valence-corrected chi connectivity index (χ0v) is 7.67. The Hall–Kier alpha value is -1.12. The first-order chi connectivity index (χ1) is 5.63. The van der Waals surface area contributed by atoms with Gasteiger partial charge in [0, 0.05) is 13.5 Å². The molecule has 0 rings (SSSR count). The van der Waals surface area contributed by atoms with Gasteiger partial charge in [0.25, 0.3) is 5.91 Å². The van der Waals surface area contributed by atoms with E-state index in [0.29, 0.717) is 6.54 Å². The highest BCUT2D eigenvalue weighted by molar-refractivity contribution is 5.99. The molecule has 0 aromatic carbocycles. The van der Waals surface area contributed by atoms with E-state index in [0.717, 1.165) is 18.9 Å². The summed E-state index contributed by atoms with van der Waals surface area (Å²) in [7, 11) is 0. The van der Waals surface area contributed by atoms with E-state index < -0.39 is 0 Å². The van der Waals surface area contributed by atoms with Crippen molar-refractivity contribution in [3.63, 3.8) is 0 Å². The van der Waals surface area contributed by atoms with E-state index in [1.54, 1.807) is 0 Å². The highest BCUT2D eigenvalue weighted by Gasteiger charge is 2.12. The molecule has 12 heavy (non-hydrogen) atoms. The molecule has 0 radical (unpaired) electrons. The number of carbonyl (C=O) groups is 2. The highest BCUT2D eigenvalue weighted by atomic mass is 16.2. The SMILES string of the molecule is C=CC(=O)N(CCCC)C(C)=O. The third-order valence-electron chi connectivity index (χ3n) is 1.56. The van der Waals surface area contributed by atoms with Crippen LogP contribution in [0.1, 0.15) is 26.7 Å².